The van der Waals surface area contributed by atoms with Gasteiger partial charge in [0.2, 0.25) is 0 Å². The van der Waals surface area contributed by atoms with Crippen molar-refractivity contribution in [2.24, 2.45) is 0 Å². The lowest BCUT2D eigenvalue weighted by molar-refractivity contribution is -0.0373. The van der Waals surface area contributed by atoms with Crippen molar-refractivity contribution in [3.8, 4) is 5.75 Å². The fourth-order valence-corrected chi connectivity index (χ4v) is 2.96. The summed E-state index contributed by atoms with van der Waals surface area (Å²) in [6.07, 6.45) is 2.93. The van der Waals surface area contributed by atoms with Gasteiger partial charge in [-0.25, -0.2) is 0 Å². The summed E-state index contributed by atoms with van der Waals surface area (Å²) in [5.41, 5.74) is 3.28. The molecular weight excluding hydrogens is 266 g/mol. The summed E-state index contributed by atoms with van der Waals surface area (Å²) in [4.78, 5) is 6.91. The molecule has 1 aromatic rings. The molecule has 2 unspecified atom stereocenters. The monoisotopic (exact) mass is 293 g/mol. The van der Waals surface area contributed by atoms with Gasteiger partial charge in [0.05, 0.1) is 19.8 Å². The van der Waals surface area contributed by atoms with E-state index in [-0.39, 0.29) is 12.1 Å². The quantitative estimate of drug-likeness (QED) is 0.883. The Bertz CT molecular complexity index is 479. The highest BCUT2D eigenvalue weighted by atomic mass is 16.5. The van der Waals surface area contributed by atoms with Gasteiger partial charge in [-0.2, -0.15) is 0 Å². The second-order valence-electron chi connectivity index (χ2n) is 5.82. The maximum Gasteiger partial charge on any atom is 0.128 e. The average molecular weight is 293 g/mol. The van der Waals surface area contributed by atoms with Crippen molar-refractivity contribution in [2.75, 3.05) is 40.9 Å². The SMILES string of the molecule is CNC(Cc1ncc(C)c(OC)c1C)C1CN(C)CCO1. The van der Waals surface area contributed by atoms with Crippen molar-refractivity contribution in [3.63, 3.8) is 0 Å². The Morgan fingerprint density at radius 1 is 1.52 bits per heavy atom. The van der Waals surface area contributed by atoms with E-state index in [4.69, 9.17) is 9.47 Å². The van der Waals surface area contributed by atoms with Crippen molar-refractivity contribution in [1.29, 1.82) is 0 Å². The van der Waals surface area contributed by atoms with Crippen LogP contribution in [0.1, 0.15) is 16.8 Å². The lowest BCUT2D eigenvalue weighted by Gasteiger charge is -2.35. The molecule has 1 saturated heterocycles. The number of nitrogens with one attached hydrogen (secondary N) is 1. The topological polar surface area (TPSA) is 46.6 Å². The Morgan fingerprint density at radius 2 is 2.29 bits per heavy atom. The molecule has 2 heterocycles. The summed E-state index contributed by atoms with van der Waals surface area (Å²) in [5, 5.41) is 3.39. The molecule has 2 atom stereocenters. The fraction of sp³-hybridized carbons (Fsp3) is 0.688. The number of methoxy groups -OCH3 is 1. The van der Waals surface area contributed by atoms with Crippen molar-refractivity contribution >= 4 is 0 Å². The van der Waals surface area contributed by atoms with Crippen LogP contribution in [0.3, 0.4) is 0 Å². The van der Waals surface area contributed by atoms with E-state index < -0.39 is 0 Å². The van der Waals surface area contributed by atoms with Gasteiger partial charge in [0, 0.05) is 48.6 Å². The normalized spacial score (nSPS) is 21.3. The molecule has 0 radical (unpaired) electrons. The molecule has 21 heavy (non-hydrogen) atoms. The molecule has 1 fully saturated rings. The van der Waals surface area contributed by atoms with Crippen molar-refractivity contribution in [1.82, 2.24) is 15.2 Å². The smallest absolute Gasteiger partial charge is 0.128 e. The third kappa shape index (κ3) is 3.73. The summed E-state index contributed by atoms with van der Waals surface area (Å²) in [7, 11) is 5.85. The van der Waals surface area contributed by atoms with Crippen LogP contribution in [0.5, 0.6) is 5.75 Å². The van der Waals surface area contributed by atoms with Crippen LogP contribution in [0.25, 0.3) is 0 Å². The van der Waals surface area contributed by atoms with Gasteiger partial charge < -0.3 is 19.7 Å². The van der Waals surface area contributed by atoms with E-state index in [1.807, 2.05) is 20.2 Å². The second-order valence-corrected chi connectivity index (χ2v) is 5.82. The molecule has 1 aromatic heterocycles. The zero-order chi connectivity index (χ0) is 15.4. The third-order valence-electron chi connectivity index (χ3n) is 4.28. The number of likely N-dealkylation sites (N-methyl/N-ethyl adjacent to an activating group) is 2. The summed E-state index contributed by atoms with van der Waals surface area (Å²) in [5.74, 6) is 0.941. The maximum absolute atomic E-state index is 5.93. The minimum absolute atomic E-state index is 0.197. The highest BCUT2D eigenvalue weighted by molar-refractivity contribution is 5.41. The highest BCUT2D eigenvalue weighted by Crippen LogP contribution is 2.25. The number of morpholine rings is 1. The van der Waals surface area contributed by atoms with Gasteiger partial charge in [-0.15, -0.1) is 0 Å². The minimum atomic E-state index is 0.197. The third-order valence-corrected chi connectivity index (χ3v) is 4.28. The largest absolute Gasteiger partial charge is 0.496 e. The molecule has 5 heteroatoms. The number of aromatic nitrogens is 1. The molecule has 0 spiro atoms. The van der Waals surface area contributed by atoms with E-state index in [0.29, 0.717) is 0 Å². The van der Waals surface area contributed by atoms with Crippen LogP contribution in [0, 0.1) is 13.8 Å². The molecule has 1 aliphatic heterocycles. The first kappa shape index (κ1) is 16.2. The van der Waals surface area contributed by atoms with Gasteiger partial charge in [0.25, 0.3) is 0 Å². The van der Waals surface area contributed by atoms with Gasteiger partial charge >= 0.3 is 0 Å². The molecule has 0 amide bonds. The van der Waals surface area contributed by atoms with Gasteiger partial charge in [-0.1, -0.05) is 0 Å². The van der Waals surface area contributed by atoms with Crippen LogP contribution in [0.15, 0.2) is 6.20 Å². The average Bonchev–Trinajstić information content (AvgIpc) is 2.47. The van der Waals surface area contributed by atoms with Crippen LogP contribution in [0.4, 0.5) is 0 Å². The number of hydrogen-bond donors (Lipinski definition) is 1. The van der Waals surface area contributed by atoms with Gasteiger partial charge in [0.1, 0.15) is 5.75 Å². The molecule has 5 nitrogen and oxygen atoms in total. The number of hydrogen-bond acceptors (Lipinski definition) is 5. The van der Waals surface area contributed by atoms with Crippen LogP contribution in [-0.4, -0.2) is 62.9 Å². The number of aryl methyl sites for hydroxylation is 1. The van der Waals surface area contributed by atoms with Gasteiger partial charge in [0.15, 0.2) is 0 Å². The lowest BCUT2D eigenvalue weighted by atomic mass is 10.00. The Morgan fingerprint density at radius 3 is 2.90 bits per heavy atom. The van der Waals surface area contributed by atoms with E-state index in [1.165, 1.54) is 0 Å². The predicted molar refractivity (Wildman–Crippen MR) is 84.1 cm³/mol. The number of ether oxygens (including phenoxy) is 2. The number of pyridine rings is 1. The molecular formula is C16H27N3O2. The highest BCUT2D eigenvalue weighted by Gasteiger charge is 2.27. The van der Waals surface area contributed by atoms with Crippen molar-refractivity contribution in [3.05, 3.63) is 23.0 Å². The first-order chi connectivity index (χ1) is 10.1. The molecule has 0 saturated carbocycles. The van der Waals surface area contributed by atoms with Gasteiger partial charge in [-0.3, -0.25) is 4.98 Å². The molecule has 0 bridgehead atoms. The zero-order valence-corrected chi connectivity index (χ0v) is 13.8. The van der Waals surface area contributed by atoms with E-state index in [9.17, 15) is 0 Å². The Balaban J connectivity index is 2.15. The zero-order valence-electron chi connectivity index (χ0n) is 13.8. The van der Waals surface area contributed by atoms with E-state index >= 15 is 0 Å². The molecule has 118 valence electrons. The first-order valence-electron chi connectivity index (χ1n) is 7.53. The van der Waals surface area contributed by atoms with E-state index in [1.54, 1.807) is 7.11 Å². The number of nitrogens with zero attached hydrogens (tertiary/aromatic N) is 2. The lowest BCUT2D eigenvalue weighted by Crippen LogP contribution is -2.51. The standard InChI is InChI=1S/C16H27N3O2/c1-11-9-18-13(12(2)16(11)20-5)8-14(17-3)15-10-19(4)6-7-21-15/h9,14-15,17H,6-8,10H2,1-5H3. The summed E-state index contributed by atoms with van der Waals surface area (Å²) >= 11 is 0. The van der Waals surface area contributed by atoms with Crippen molar-refractivity contribution < 1.29 is 9.47 Å². The predicted octanol–water partition coefficient (Wildman–Crippen LogP) is 1.17. The van der Waals surface area contributed by atoms with Crippen molar-refractivity contribution in [2.45, 2.75) is 32.4 Å². The Kier molecular flexibility index (Phi) is 5.56. The molecule has 1 N–H and O–H groups in total. The summed E-state index contributed by atoms with van der Waals surface area (Å²) in [6, 6.07) is 0.256. The van der Waals surface area contributed by atoms with Crippen LogP contribution in [0.2, 0.25) is 0 Å². The summed E-state index contributed by atoms with van der Waals surface area (Å²) in [6.45, 7) is 6.85. The number of rotatable bonds is 5. The molecule has 1 aliphatic rings. The summed E-state index contributed by atoms with van der Waals surface area (Å²) < 4.78 is 11.4. The van der Waals surface area contributed by atoms with Crippen LogP contribution >= 0.6 is 0 Å². The maximum atomic E-state index is 5.93. The van der Waals surface area contributed by atoms with E-state index in [2.05, 4.69) is 29.2 Å². The molecule has 2 rings (SSSR count). The Hall–Kier alpha value is -1.17. The molecule has 0 aromatic carbocycles. The van der Waals surface area contributed by atoms with Crippen LogP contribution in [-0.2, 0) is 11.2 Å². The van der Waals surface area contributed by atoms with Crippen LogP contribution < -0.4 is 10.1 Å². The fourth-order valence-electron chi connectivity index (χ4n) is 2.96. The van der Waals surface area contributed by atoms with E-state index in [0.717, 1.165) is 48.7 Å². The first-order valence-corrected chi connectivity index (χ1v) is 7.53. The Labute approximate surface area is 127 Å². The van der Waals surface area contributed by atoms with Gasteiger partial charge in [-0.05, 0) is 27.9 Å². The minimum Gasteiger partial charge on any atom is -0.496 e. The molecule has 0 aliphatic carbocycles. The second kappa shape index (κ2) is 7.20.